The van der Waals surface area contributed by atoms with Crippen molar-refractivity contribution in [2.45, 2.75) is 26.8 Å². The van der Waals surface area contributed by atoms with Crippen LogP contribution in [-0.2, 0) is 17.8 Å². The summed E-state index contributed by atoms with van der Waals surface area (Å²) in [5.41, 5.74) is 3.59. The minimum atomic E-state index is -0.241. The first-order valence-electron chi connectivity index (χ1n) is 9.96. The van der Waals surface area contributed by atoms with Gasteiger partial charge in [0.15, 0.2) is 5.82 Å². The molecule has 158 valence electrons. The Morgan fingerprint density at radius 1 is 1.19 bits per heavy atom. The van der Waals surface area contributed by atoms with E-state index in [1.165, 1.54) is 6.92 Å². The van der Waals surface area contributed by atoms with Gasteiger partial charge in [-0.25, -0.2) is 9.97 Å². The van der Waals surface area contributed by atoms with Gasteiger partial charge in [-0.2, -0.15) is 0 Å². The quantitative estimate of drug-likeness (QED) is 0.424. The van der Waals surface area contributed by atoms with Crippen molar-refractivity contribution in [2.75, 3.05) is 11.9 Å². The number of H-pyrrole nitrogens is 1. The largest absolute Gasteiger partial charge is 0.365 e. The topological polar surface area (TPSA) is 118 Å². The lowest BCUT2D eigenvalue weighted by atomic mass is 10.2. The summed E-state index contributed by atoms with van der Waals surface area (Å²) >= 11 is 0. The number of nitrogens with one attached hydrogen (secondary N) is 3. The summed E-state index contributed by atoms with van der Waals surface area (Å²) in [6.07, 6.45) is 7.55. The first-order chi connectivity index (χ1) is 15.0. The van der Waals surface area contributed by atoms with E-state index in [0.717, 1.165) is 16.6 Å². The Labute approximate surface area is 178 Å². The van der Waals surface area contributed by atoms with Gasteiger partial charge in [-0.05, 0) is 30.7 Å². The maximum atomic E-state index is 13.2. The van der Waals surface area contributed by atoms with Gasteiger partial charge >= 0.3 is 0 Å². The number of carbonyl (C=O) groups excluding carboxylic acids is 1. The fourth-order valence-corrected chi connectivity index (χ4v) is 3.35. The zero-order valence-electron chi connectivity index (χ0n) is 17.3. The van der Waals surface area contributed by atoms with Gasteiger partial charge in [0, 0.05) is 68.0 Å². The van der Waals surface area contributed by atoms with Crippen LogP contribution in [0.15, 0.2) is 53.8 Å². The van der Waals surface area contributed by atoms with Crippen LogP contribution in [0.3, 0.4) is 0 Å². The second-order valence-corrected chi connectivity index (χ2v) is 7.21. The molecule has 1 amide bonds. The number of nitrogens with zero attached hydrogens (tertiary/aromatic N) is 4. The van der Waals surface area contributed by atoms with E-state index in [1.54, 1.807) is 29.4 Å². The minimum absolute atomic E-state index is 0.114. The van der Waals surface area contributed by atoms with Crippen molar-refractivity contribution in [3.63, 3.8) is 0 Å². The zero-order valence-corrected chi connectivity index (χ0v) is 17.3. The minimum Gasteiger partial charge on any atom is -0.365 e. The number of aromatic amines is 1. The van der Waals surface area contributed by atoms with Crippen LogP contribution in [0.5, 0.6) is 0 Å². The Bertz CT molecular complexity index is 1280. The Kier molecular flexibility index (Phi) is 5.74. The first kappa shape index (κ1) is 20.3. The van der Waals surface area contributed by atoms with Gasteiger partial charge in [0.2, 0.25) is 5.91 Å². The fourth-order valence-electron chi connectivity index (χ4n) is 3.35. The molecule has 3 N–H and O–H groups in total. The SMILES string of the molecule is CC(=O)NCc1cnc2[nH]cc(-n3c(C)cnc(NCCc4ccccn4)c3=O)c2c1. The molecule has 0 saturated carbocycles. The van der Waals surface area contributed by atoms with E-state index in [0.29, 0.717) is 36.5 Å². The lowest BCUT2D eigenvalue weighted by molar-refractivity contribution is -0.119. The Morgan fingerprint density at radius 2 is 2.06 bits per heavy atom. The maximum absolute atomic E-state index is 13.2. The standard InChI is InChI=1S/C22H23N7O2/c1-14-10-26-21(24-8-6-17-5-3-4-7-23-17)22(31)29(14)19-13-28-20-18(19)9-16(12-27-20)11-25-15(2)30/h3-5,7,9-10,12-13H,6,8,11H2,1-2H3,(H,24,26)(H,25,30)(H,27,28). The highest BCUT2D eigenvalue weighted by molar-refractivity contribution is 5.86. The number of hydrogen-bond donors (Lipinski definition) is 3. The summed E-state index contributed by atoms with van der Waals surface area (Å²) in [6, 6.07) is 7.67. The molecule has 0 unspecified atom stereocenters. The van der Waals surface area contributed by atoms with Crippen LogP contribution in [0.1, 0.15) is 23.9 Å². The number of pyridine rings is 2. The molecule has 0 aromatic carbocycles. The van der Waals surface area contributed by atoms with E-state index in [-0.39, 0.29) is 17.3 Å². The molecular formula is C22H23N7O2. The van der Waals surface area contributed by atoms with E-state index in [2.05, 4.69) is 30.6 Å². The number of fused-ring (bicyclic) bond motifs is 1. The summed E-state index contributed by atoms with van der Waals surface area (Å²) in [5.74, 6) is 0.162. The number of aromatic nitrogens is 5. The zero-order chi connectivity index (χ0) is 21.8. The molecule has 0 saturated heterocycles. The highest BCUT2D eigenvalue weighted by Gasteiger charge is 2.14. The van der Waals surface area contributed by atoms with E-state index in [9.17, 15) is 9.59 Å². The highest BCUT2D eigenvalue weighted by atomic mass is 16.1. The molecule has 0 aliphatic carbocycles. The number of amides is 1. The molecule has 0 aliphatic rings. The molecule has 4 rings (SSSR count). The second kappa shape index (κ2) is 8.78. The predicted octanol–water partition coefficient (Wildman–Crippen LogP) is 2.10. The Hall–Kier alpha value is -4.01. The number of hydrogen-bond acceptors (Lipinski definition) is 6. The van der Waals surface area contributed by atoms with Crippen molar-refractivity contribution in [3.05, 3.63) is 76.4 Å². The third-order valence-corrected chi connectivity index (χ3v) is 4.89. The van der Waals surface area contributed by atoms with E-state index in [4.69, 9.17) is 0 Å². The number of rotatable bonds is 7. The number of aryl methyl sites for hydroxylation is 1. The molecule has 4 heterocycles. The van der Waals surface area contributed by atoms with Crippen molar-refractivity contribution >= 4 is 22.8 Å². The lowest BCUT2D eigenvalue weighted by Gasteiger charge is -2.12. The fraction of sp³-hybridized carbons (Fsp3) is 0.227. The van der Waals surface area contributed by atoms with Gasteiger partial charge in [-0.15, -0.1) is 0 Å². The Balaban J connectivity index is 1.63. The molecule has 0 atom stereocenters. The highest BCUT2D eigenvalue weighted by Crippen LogP contribution is 2.22. The van der Waals surface area contributed by atoms with Crippen LogP contribution in [0, 0.1) is 6.92 Å². The molecule has 31 heavy (non-hydrogen) atoms. The molecule has 9 nitrogen and oxygen atoms in total. The number of carbonyl (C=O) groups is 1. The third kappa shape index (κ3) is 4.45. The average Bonchev–Trinajstić information content (AvgIpc) is 3.18. The maximum Gasteiger partial charge on any atom is 0.298 e. The summed E-state index contributed by atoms with van der Waals surface area (Å²) in [4.78, 5) is 40.5. The molecule has 9 heteroatoms. The first-order valence-corrected chi connectivity index (χ1v) is 9.96. The summed E-state index contributed by atoms with van der Waals surface area (Å²) in [5, 5.41) is 6.68. The monoisotopic (exact) mass is 417 g/mol. The van der Waals surface area contributed by atoms with Crippen LogP contribution < -0.4 is 16.2 Å². The molecular weight excluding hydrogens is 394 g/mol. The molecule has 0 radical (unpaired) electrons. The van der Waals surface area contributed by atoms with E-state index >= 15 is 0 Å². The number of anilines is 1. The average molecular weight is 417 g/mol. The van der Waals surface area contributed by atoms with Crippen molar-refractivity contribution in [3.8, 4) is 5.69 Å². The summed E-state index contributed by atoms with van der Waals surface area (Å²) < 4.78 is 1.61. The van der Waals surface area contributed by atoms with Gasteiger partial charge < -0.3 is 15.6 Å². The van der Waals surface area contributed by atoms with Gasteiger partial charge in [-0.3, -0.25) is 19.1 Å². The van der Waals surface area contributed by atoms with Gasteiger partial charge in [0.1, 0.15) is 5.65 Å². The van der Waals surface area contributed by atoms with Crippen LogP contribution in [0.4, 0.5) is 5.82 Å². The lowest BCUT2D eigenvalue weighted by Crippen LogP contribution is -2.26. The van der Waals surface area contributed by atoms with E-state index in [1.807, 2.05) is 31.2 Å². The van der Waals surface area contributed by atoms with E-state index < -0.39 is 0 Å². The van der Waals surface area contributed by atoms with Crippen molar-refractivity contribution in [2.24, 2.45) is 0 Å². The molecule has 4 aromatic heterocycles. The van der Waals surface area contributed by atoms with Crippen LogP contribution in [0.2, 0.25) is 0 Å². The Morgan fingerprint density at radius 3 is 2.84 bits per heavy atom. The van der Waals surface area contributed by atoms with Crippen molar-refractivity contribution in [1.29, 1.82) is 0 Å². The third-order valence-electron chi connectivity index (χ3n) is 4.89. The van der Waals surface area contributed by atoms with Gasteiger partial charge in [0.25, 0.3) is 5.56 Å². The predicted molar refractivity (Wildman–Crippen MR) is 118 cm³/mol. The normalized spacial score (nSPS) is 10.9. The van der Waals surface area contributed by atoms with Crippen molar-refractivity contribution < 1.29 is 4.79 Å². The molecule has 0 bridgehead atoms. The van der Waals surface area contributed by atoms with Crippen LogP contribution in [0.25, 0.3) is 16.7 Å². The van der Waals surface area contributed by atoms with Crippen molar-refractivity contribution in [1.82, 2.24) is 29.8 Å². The van der Waals surface area contributed by atoms with Crippen LogP contribution >= 0.6 is 0 Å². The van der Waals surface area contributed by atoms with Gasteiger partial charge in [-0.1, -0.05) is 6.07 Å². The smallest absolute Gasteiger partial charge is 0.298 e. The molecule has 0 fully saturated rings. The second-order valence-electron chi connectivity index (χ2n) is 7.21. The summed E-state index contributed by atoms with van der Waals surface area (Å²) in [7, 11) is 0. The summed E-state index contributed by atoms with van der Waals surface area (Å²) in [6.45, 7) is 4.21. The molecule has 0 aliphatic heterocycles. The van der Waals surface area contributed by atoms with Gasteiger partial charge in [0.05, 0.1) is 5.69 Å². The molecule has 4 aromatic rings. The van der Waals surface area contributed by atoms with Crippen LogP contribution in [-0.4, -0.2) is 37.0 Å². The molecule has 0 spiro atoms.